The second-order valence-corrected chi connectivity index (χ2v) is 3.93. The van der Waals surface area contributed by atoms with Gasteiger partial charge in [-0.1, -0.05) is 6.07 Å². The van der Waals surface area contributed by atoms with Crippen LogP contribution < -0.4 is 11.1 Å². The molecule has 0 saturated carbocycles. The molecule has 0 atom stereocenters. The van der Waals surface area contributed by atoms with Crippen LogP contribution in [0.3, 0.4) is 0 Å². The normalized spacial score (nSPS) is 10.0. The Morgan fingerprint density at radius 3 is 2.74 bits per heavy atom. The minimum absolute atomic E-state index is 0.295. The van der Waals surface area contributed by atoms with Gasteiger partial charge in [0.1, 0.15) is 5.82 Å². The molecule has 19 heavy (non-hydrogen) atoms. The van der Waals surface area contributed by atoms with Gasteiger partial charge in [0.15, 0.2) is 0 Å². The lowest BCUT2D eigenvalue weighted by Gasteiger charge is -2.10. The number of esters is 1. The first-order chi connectivity index (χ1) is 9.10. The average molecular weight is 260 g/mol. The number of benzene rings is 2. The maximum Gasteiger partial charge on any atom is 0.337 e. The number of rotatable bonds is 3. The molecule has 0 aliphatic rings. The predicted molar refractivity (Wildman–Crippen MR) is 71.9 cm³/mol. The largest absolute Gasteiger partial charge is 0.465 e. The Kier molecular flexibility index (Phi) is 3.66. The van der Waals surface area contributed by atoms with Gasteiger partial charge in [0.25, 0.3) is 0 Å². The third-order valence-electron chi connectivity index (χ3n) is 2.58. The van der Waals surface area contributed by atoms with Crippen LogP contribution in [0.4, 0.5) is 21.5 Å². The van der Waals surface area contributed by atoms with E-state index in [4.69, 9.17) is 5.73 Å². The molecule has 2 rings (SSSR count). The Labute approximate surface area is 110 Å². The van der Waals surface area contributed by atoms with Gasteiger partial charge in [-0.25, -0.2) is 9.18 Å². The Balaban J connectivity index is 2.26. The van der Waals surface area contributed by atoms with Gasteiger partial charge in [-0.3, -0.25) is 0 Å². The molecule has 0 unspecified atom stereocenters. The third kappa shape index (κ3) is 3.01. The minimum atomic E-state index is -0.421. The van der Waals surface area contributed by atoms with Crippen molar-refractivity contribution in [2.75, 3.05) is 18.2 Å². The first-order valence-electron chi connectivity index (χ1n) is 5.60. The van der Waals surface area contributed by atoms with Crippen LogP contribution in [-0.2, 0) is 4.74 Å². The molecule has 2 aromatic carbocycles. The summed E-state index contributed by atoms with van der Waals surface area (Å²) in [5.74, 6) is -0.818. The van der Waals surface area contributed by atoms with E-state index in [9.17, 15) is 9.18 Å². The number of halogens is 1. The van der Waals surface area contributed by atoms with Crippen LogP contribution in [0.15, 0.2) is 42.5 Å². The van der Waals surface area contributed by atoms with Crippen molar-refractivity contribution in [3.8, 4) is 0 Å². The highest BCUT2D eigenvalue weighted by Crippen LogP contribution is 2.24. The van der Waals surface area contributed by atoms with Crippen molar-refractivity contribution >= 4 is 23.0 Å². The zero-order chi connectivity index (χ0) is 13.8. The highest BCUT2D eigenvalue weighted by Gasteiger charge is 2.06. The molecular weight excluding hydrogens is 247 g/mol. The van der Waals surface area contributed by atoms with E-state index in [1.165, 1.54) is 25.3 Å². The van der Waals surface area contributed by atoms with E-state index in [2.05, 4.69) is 10.1 Å². The number of carbonyl (C=O) groups is 1. The van der Waals surface area contributed by atoms with E-state index in [1.807, 2.05) is 0 Å². The fraction of sp³-hybridized carbons (Fsp3) is 0.0714. The molecule has 0 aliphatic carbocycles. The van der Waals surface area contributed by atoms with E-state index >= 15 is 0 Å². The summed E-state index contributed by atoms with van der Waals surface area (Å²) in [6.07, 6.45) is 0. The first kappa shape index (κ1) is 12.9. The van der Waals surface area contributed by atoms with E-state index in [-0.39, 0.29) is 0 Å². The van der Waals surface area contributed by atoms with Crippen LogP contribution in [0.25, 0.3) is 0 Å². The van der Waals surface area contributed by atoms with Gasteiger partial charge in [0, 0.05) is 5.69 Å². The van der Waals surface area contributed by atoms with Gasteiger partial charge in [-0.05, 0) is 36.4 Å². The number of nitrogen functional groups attached to an aromatic ring is 1. The smallest absolute Gasteiger partial charge is 0.337 e. The van der Waals surface area contributed by atoms with E-state index in [0.29, 0.717) is 22.6 Å². The predicted octanol–water partition coefficient (Wildman–Crippen LogP) is 2.94. The van der Waals surface area contributed by atoms with Gasteiger partial charge >= 0.3 is 5.97 Å². The molecule has 0 aromatic heterocycles. The number of ether oxygens (including phenoxy) is 1. The van der Waals surface area contributed by atoms with Gasteiger partial charge in [0.05, 0.1) is 24.0 Å². The molecular formula is C14H13FN2O2. The average Bonchev–Trinajstić information content (AvgIpc) is 2.41. The molecule has 4 nitrogen and oxygen atoms in total. The van der Waals surface area contributed by atoms with Gasteiger partial charge in [0.2, 0.25) is 0 Å². The van der Waals surface area contributed by atoms with Crippen molar-refractivity contribution in [1.29, 1.82) is 0 Å². The lowest BCUT2D eigenvalue weighted by atomic mass is 10.2. The lowest BCUT2D eigenvalue weighted by molar-refractivity contribution is 0.0601. The molecule has 0 radical (unpaired) electrons. The number of nitrogens with one attached hydrogen (secondary N) is 1. The Bertz CT molecular complexity index is 614. The highest BCUT2D eigenvalue weighted by atomic mass is 19.1. The summed E-state index contributed by atoms with van der Waals surface area (Å²) in [6.45, 7) is 0. The molecule has 0 saturated heterocycles. The van der Waals surface area contributed by atoms with Crippen LogP contribution in [0.2, 0.25) is 0 Å². The third-order valence-corrected chi connectivity index (χ3v) is 2.58. The zero-order valence-corrected chi connectivity index (χ0v) is 10.3. The zero-order valence-electron chi connectivity index (χ0n) is 10.3. The maximum atomic E-state index is 12.9. The Hall–Kier alpha value is -2.56. The van der Waals surface area contributed by atoms with E-state index < -0.39 is 11.8 Å². The van der Waals surface area contributed by atoms with E-state index in [0.717, 1.165) is 0 Å². The molecule has 0 spiro atoms. The second kappa shape index (κ2) is 5.39. The van der Waals surface area contributed by atoms with Crippen LogP contribution >= 0.6 is 0 Å². The Morgan fingerprint density at radius 1 is 1.26 bits per heavy atom. The van der Waals surface area contributed by atoms with E-state index in [1.54, 1.807) is 24.3 Å². The van der Waals surface area contributed by atoms with Gasteiger partial charge in [-0.2, -0.15) is 0 Å². The molecule has 2 aromatic rings. The summed E-state index contributed by atoms with van der Waals surface area (Å²) >= 11 is 0. The lowest BCUT2D eigenvalue weighted by Crippen LogP contribution is -2.02. The standard InChI is InChI=1S/C14H13FN2O2/c1-19-14(18)9-3-2-4-11(7-9)17-13-6-5-10(15)8-12(13)16/h2-8,17H,16H2,1H3. The molecule has 0 amide bonds. The molecule has 0 heterocycles. The highest BCUT2D eigenvalue weighted by molar-refractivity contribution is 5.90. The molecule has 98 valence electrons. The van der Waals surface area contributed by atoms with Crippen molar-refractivity contribution in [1.82, 2.24) is 0 Å². The summed E-state index contributed by atoms with van der Waals surface area (Å²) in [6, 6.07) is 10.8. The SMILES string of the molecule is COC(=O)c1cccc(Nc2ccc(F)cc2N)c1. The Morgan fingerprint density at radius 2 is 2.05 bits per heavy atom. The van der Waals surface area contributed by atoms with Gasteiger partial charge < -0.3 is 15.8 Å². The van der Waals surface area contributed by atoms with Crippen molar-refractivity contribution in [2.45, 2.75) is 0 Å². The fourth-order valence-electron chi connectivity index (χ4n) is 1.64. The summed E-state index contributed by atoms with van der Waals surface area (Å²) in [4.78, 5) is 11.4. The number of nitrogens with two attached hydrogens (primary N) is 1. The number of carbonyl (C=O) groups excluding carboxylic acids is 1. The van der Waals surface area contributed by atoms with Crippen molar-refractivity contribution < 1.29 is 13.9 Å². The van der Waals surface area contributed by atoms with Crippen molar-refractivity contribution in [3.63, 3.8) is 0 Å². The number of hydrogen-bond acceptors (Lipinski definition) is 4. The van der Waals surface area contributed by atoms with Gasteiger partial charge in [-0.15, -0.1) is 0 Å². The molecule has 5 heteroatoms. The first-order valence-corrected chi connectivity index (χ1v) is 5.60. The molecule has 0 bridgehead atoms. The molecule has 3 N–H and O–H groups in total. The minimum Gasteiger partial charge on any atom is -0.465 e. The van der Waals surface area contributed by atoms with Crippen LogP contribution in [-0.4, -0.2) is 13.1 Å². The topological polar surface area (TPSA) is 64.3 Å². The van der Waals surface area contributed by atoms with Crippen LogP contribution in [0.5, 0.6) is 0 Å². The van der Waals surface area contributed by atoms with Crippen molar-refractivity contribution in [2.24, 2.45) is 0 Å². The summed E-state index contributed by atoms with van der Waals surface area (Å²) < 4.78 is 17.6. The molecule has 0 aliphatic heterocycles. The number of hydrogen-bond donors (Lipinski definition) is 2. The molecule has 0 fully saturated rings. The summed E-state index contributed by atoms with van der Waals surface area (Å²) in [5.41, 5.74) is 7.66. The van der Waals surface area contributed by atoms with Crippen molar-refractivity contribution in [3.05, 3.63) is 53.8 Å². The number of methoxy groups -OCH3 is 1. The summed E-state index contributed by atoms with van der Waals surface area (Å²) in [5, 5.41) is 3.02. The van der Waals surface area contributed by atoms with Crippen LogP contribution in [0.1, 0.15) is 10.4 Å². The quantitative estimate of drug-likeness (QED) is 0.658. The summed E-state index contributed by atoms with van der Waals surface area (Å²) in [7, 11) is 1.32. The number of anilines is 3. The monoisotopic (exact) mass is 260 g/mol. The fourth-order valence-corrected chi connectivity index (χ4v) is 1.64. The maximum absolute atomic E-state index is 12.9. The second-order valence-electron chi connectivity index (χ2n) is 3.93. The van der Waals surface area contributed by atoms with Crippen LogP contribution in [0, 0.1) is 5.82 Å².